The molecule has 1 unspecified atom stereocenters. The molecule has 1 fully saturated rings. The first kappa shape index (κ1) is 20.8. The molecule has 0 aromatic heterocycles. The molecule has 1 aromatic carbocycles. The maximum Gasteiger partial charge on any atom is 0.258 e. The molecule has 140 valence electrons. The Kier molecular flexibility index (Phi) is 5.76. The molecular formula is C16H22Br2N2O4S. The third-order valence-corrected chi connectivity index (χ3v) is 7.92. The summed E-state index contributed by atoms with van der Waals surface area (Å²) in [5.74, 6) is 0. The summed E-state index contributed by atoms with van der Waals surface area (Å²) >= 11 is 6.53. The monoisotopic (exact) mass is 496 g/mol. The maximum absolute atomic E-state index is 12.8. The van der Waals surface area contributed by atoms with Crippen LogP contribution in [0.5, 0.6) is 0 Å². The first-order valence-corrected chi connectivity index (χ1v) is 10.9. The van der Waals surface area contributed by atoms with Gasteiger partial charge in [0.2, 0.25) is 10.0 Å². The molecule has 3 atom stereocenters. The number of hydrogen-bond acceptors (Lipinski definition) is 4. The highest BCUT2D eigenvalue weighted by molar-refractivity contribution is 9.11. The van der Waals surface area contributed by atoms with E-state index in [9.17, 15) is 18.3 Å². The highest BCUT2D eigenvalue weighted by atomic mass is 79.9. The van der Waals surface area contributed by atoms with E-state index in [4.69, 9.17) is 0 Å². The molecule has 1 N–H and O–H groups in total. The van der Waals surface area contributed by atoms with E-state index < -0.39 is 27.7 Å². The van der Waals surface area contributed by atoms with Gasteiger partial charge in [-0.2, -0.15) is 0 Å². The SMILES string of the molecule is C[C@H]1C[C@@H](NS(=O)(=O)c2cc(Br)ccc2Br)C[N+]1(C(=O)[O-])C(C)(C)C. The van der Waals surface area contributed by atoms with Gasteiger partial charge in [-0.05, 0) is 61.8 Å². The summed E-state index contributed by atoms with van der Waals surface area (Å²) in [6.07, 6.45) is -0.749. The zero-order chi connectivity index (χ0) is 19.2. The van der Waals surface area contributed by atoms with Crippen LogP contribution in [0.1, 0.15) is 34.1 Å². The fraction of sp³-hybridized carbons (Fsp3) is 0.562. The number of rotatable bonds is 3. The minimum Gasteiger partial charge on any atom is -0.498 e. The van der Waals surface area contributed by atoms with Gasteiger partial charge in [-0.1, -0.05) is 15.9 Å². The van der Waals surface area contributed by atoms with Crippen molar-refractivity contribution in [1.82, 2.24) is 4.72 Å². The minimum atomic E-state index is -3.79. The lowest BCUT2D eigenvalue weighted by Crippen LogP contribution is -2.69. The number of amides is 1. The predicted octanol–water partition coefficient (Wildman–Crippen LogP) is 2.61. The van der Waals surface area contributed by atoms with Crippen LogP contribution < -0.4 is 9.83 Å². The smallest absolute Gasteiger partial charge is 0.258 e. The van der Waals surface area contributed by atoms with Crippen molar-refractivity contribution < 1.29 is 22.8 Å². The lowest BCUT2D eigenvalue weighted by atomic mass is 10.0. The van der Waals surface area contributed by atoms with Crippen molar-refractivity contribution in [2.75, 3.05) is 6.54 Å². The third kappa shape index (κ3) is 3.80. The van der Waals surface area contributed by atoms with Crippen LogP contribution in [0.4, 0.5) is 4.79 Å². The number of sulfonamides is 1. The van der Waals surface area contributed by atoms with Crippen LogP contribution in [-0.4, -0.2) is 43.2 Å². The number of quaternary nitrogens is 1. The van der Waals surface area contributed by atoms with Crippen molar-refractivity contribution in [3.05, 3.63) is 27.1 Å². The van der Waals surface area contributed by atoms with Crippen molar-refractivity contribution in [2.24, 2.45) is 0 Å². The Labute approximate surface area is 165 Å². The van der Waals surface area contributed by atoms with E-state index in [0.29, 0.717) is 15.4 Å². The average molecular weight is 498 g/mol. The molecular weight excluding hydrogens is 476 g/mol. The third-order valence-electron chi connectivity index (χ3n) is 4.91. The quantitative estimate of drug-likeness (QED) is 0.650. The fourth-order valence-electron chi connectivity index (χ4n) is 3.71. The second-order valence-corrected chi connectivity index (χ2v) is 10.9. The number of halogens is 2. The lowest BCUT2D eigenvalue weighted by molar-refractivity contribution is -0.928. The number of carbonyl (C=O) groups is 1. The number of carbonyl (C=O) groups excluding carboxylic acids is 1. The van der Waals surface area contributed by atoms with Gasteiger partial charge in [0.1, 0.15) is 6.54 Å². The number of hydrogen-bond donors (Lipinski definition) is 1. The van der Waals surface area contributed by atoms with Crippen LogP contribution in [0.25, 0.3) is 0 Å². The standard InChI is InChI=1S/C16H22Br2N2O4S/c1-10-7-12(9-20(10,15(21)22)16(2,3)4)19-25(23,24)14-8-11(17)5-6-13(14)18/h5-6,8,10,12,19H,7,9H2,1-4H3/t10-,12+,20?/m0/s1. The fourth-order valence-corrected chi connectivity index (χ4v) is 6.45. The number of nitrogens with zero attached hydrogens (tertiary/aromatic N) is 1. The molecule has 0 saturated carbocycles. The topological polar surface area (TPSA) is 86.3 Å². The van der Waals surface area contributed by atoms with Crippen molar-refractivity contribution >= 4 is 48.0 Å². The van der Waals surface area contributed by atoms with Crippen molar-refractivity contribution in [2.45, 2.75) is 56.6 Å². The van der Waals surface area contributed by atoms with Crippen molar-refractivity contribution in [3.63, 3.8) is 0 Å². The molecule has 1 aromatic rings. The van der Waals surface area contributed by atoms with E-state index in [1.807, 2.05) is 27.7 Å². The summed E-state index contributed by atoms with van der Waals surface area (Å²) < 4.78 is 29.0. The molecule has 1 heterocycles. The lowest BCUT2D eigenvalue weighted by Gasteiger charge is -2.48. The molecule has 0 aliphatic carbocycles. The van der Waals surface area contributed by atoms with Gasteiger partial charge in [-0.15, -0.1) is 0 Å². The molecule has 25 heavy (non-hydrogen) atoms. The van der Waals surface area contributed by atoms with Crippen molar-refractivity contribution in [3.8, 4) is 0 Å². The Bertz CT molecular complexity index is 792. The van der Waals surface area contributed by atoms with Gasteiger partial charge in [-0.3, -0.25) is 4.48 Å². The highest BCUT2D eigenvalue weighted by Crippen LogP contribution is 2.37. The second kappa shape index (κ2) is 6.92. The number of nitrogens with one attached hydrogen (secondary N) is 1. The first-order chi connectivity index (χ1) is 11.3. The Morgan fingerprint density at radius 3 is 2.40 bits per heavy atom. The minimum absolute atomic E-state index is 0.115. The molecule has 0 bridgehead atoms. The molecule has 0 radical (unpaired) electrons. The molecule has 0 spiro atoms. The summed E-state index contributed by atoms with van der Waals surface area (Å²) in [6, 6.07) is 4.15. The van der Waals surface area contributed by atoms with E-state index in [1.54, 1.807) is 12.1 Å². The van der Waals surface area contributed by atoms with Crippen LogP contribution in [0.3, 0.4) is 0 Å². The van der Waals surface area contributed by atoms with E-state index in [0.717, 1.165) is 0 Å². The van der Waals surface area contributed by atoms with E-state index >= 15 is 0 Å². The first-order valence-electron chi connectivity index (χ1n) is 7.88. The summed E-state index contributed by atoms with van der Waals surface area (Å²) in [7, 11) is -3.79. The Morgan fingerprint density at radius 1 is 1.32 bits per heavy atom. The number of carboxylic acid groups (broad SMARTS) is 1. The molecule has 1 aliphatic rings. The average Bonchev–Trinajstić information content (AvgIpc) is 2.77. The Morgan fingerprint density at radius 2 is 1.92 bits per heavy atom. The highest BCUT2D eigenvalue weighted by Gasteiger charge is 2.54. The summed E-state index contributed by atoms with van der Waals surface area (Å²) in [4.78, 5) is 12.0. The molecule has 1 saturated heterocycles. The van der Waals surface area contributed by atoms with E-state index in [1.165, 1.54) is 6.07 Å². The van der Waals surface area contributed by atoms with Gasteiger partial charge in [0.25, 0.3) is 6.09 Å². The summed E-state index contributed by atoms with van der Waals surface area (Å²) in [5.41, 5.74) is -0.602. The van der Waals surface area contributed by atoms with Crippen LogP contribution in [-0.2, 0) is 10.0 Å². The number of benzene rings is 1. The van der Waals surface area contributed by atoms with Gasteiger partial charge in [0.15, 0.2) is 0 Å². The normalized spacial score (nSPS) is 27.4. The molecule has 1 amide bonds. The number of likely N-dealkylation sites (tertiary alicyclic amines) is 1. The van der Waals surface area contributed by atoms with Gasteiger partial charge in [-0.25, -0.2) is 13.1 Å². The second-order valence-electron chi connectivity index (χ2n) is 7.47. The molecule has 6 nitrogen and oxygen atoms in total. The summed E-state index contributed by atoms with van der Waals surface area (Å²) in [5, 5.41) is 11.9. The van der Waals surface area contributed by atoms with E-state index in [-0.39, 0.29) is 22.0 Å². The summed E-state index contributed by atoms with van der Waals surface area (Å²) in [6.45, 7) is 7.48. The van der Waals surface area contributed by atoms with Gasteiger partial charge >= 0.3 is 0 Å². The van der Waals surface area contributed by atoms with E-state index in [2.05, 4.69) is 36.6 Å². The zero-order valence-electron chi connectivity index (χ0n) is 14.5. The van der Waals surface area contributed by atoms with Crippen LogP contribution in [0, 0.1) is 0 Å². The predicted molar refractivity (Wildman–Crippen MR) is 100 cm³/mol. The zero-order valence-corrected chi connectivity index (χ0v) is 18.5. The molecule has 2 rings (SSSR count). The largest absolute Gasteiger partial charge is 0.498 e. The molecule has 9 heteroatoms. The Balaban J connectivity index is 2.33. The van der Waals surface area contributed by atoms with Gasteiger partial charge < -0.3 is 9.90 Å². The maximum atomic E-state index is 12.8. The molecule has 1 aliphatic heterocycles. The van der Waals surface area contributed by atoms with Crippen molar-refractivity contribution in [1.29, 1.82) is 0 Å². The van der Waals surface area contributed by atoms with Crippen LogP contribution >= 0.6 is 31.9 Å². The Hall–Kier alpha value is -0.480. The van der Waals surface area contributed by atoms with Crippen LogP contribution in [0.15, 0.2) is 32.0 Å². The van der Waals surface area contributed by atoms with Gasteiger partial charge in [0, 0.05) is 15.4 Å². The van der Waals surface area contributed by atoms with Crippen LogP contribution in [0.2, 0.25) is 0 Å². The van der Waals surface area contributed by atoms with Gasteiger partial charge in [0.05, 0.1) is 22.5 Å².